The molecule has 2 aromatic carbocycles. The van der Waals surface area contributed by atoms with Gasteiger partial charge in [-0.1, -0.05) is 0 Å². The third kappa shape index (κ3) is 2.58. The molecule has 1 aliphatic carbocycles. The van der Waals surface area contributed by atoms with Crippen LogP contribution in [0.15, 0.2) is 42.6 Å². The lowest BCUT2D eigenvalue weighted by Gasteiger charge is -2.17. The molecular weight excluding hydrogens is 335 g/mol. The number of ether oxygens (including phenoxy) is 2. The van der Waals surface area contributed by atoms with Crippen LogP contribution < -0.4 is 14.8 Å². The molecule has 0 saturated heterocycles. The van der Waals surface area contributed by atoms with E-state index in [2.05, 4.69) is 10.3 Å². The second kappa shape index (κ2) is 6.05. The Balaban J connectivity index is 1.67. The van der Waals surface area contributed by atoms with Gasteiger partial charge in [0.2, 0.25) is 5.91 Å². The Kier molecular flexibility index (Phi) is 3.83. The molecule has 1 fully saturated rings. The number of hydrogen-bond donors (Lipinski definition) is 2. The number of H-pyrrole nitrogens is 1. The van der Waals surface area contributed by atoms with E-state index in [1.165, 1.54) is 12.1 Å². The van der Waals surface area contributed by atoms with Crippen LogP contribution in [0, 0.1) is 5.82 Å². The van der Waals surface area contributed by atoms with Crippen molar-refractivity contribution in [2.75, 3.05) is 19.5 Å². The van der Waals surface area contributed by atoms with Gasteiger partial charge in [-0.2, -0.15) is 0 Å². The lowest BCUT2D eigenvalue weighted by atomic mass is 9.94. The lowest BCUT2D eigenvalue weighted by Crippen LogP contribution is -2.27. The summed E-state index contributed by atoms with van der Waals surface area (Å²) in [5.74, 6) is 0.740. The highest BCUT2D eigenvalue weighted by atomic mass is 19.1. The van der Waals surface area contributed by atoms with Gasteiger partial charge < -0.3 is 19.8 Å². The highest BCUT2D eigenvalue weighted by molar-refractivity contribution is 6.05. The maximum Gasteiger partial charge on any atom is 0.235 e. The molecule has 0 spiro atoms. The fourth-order valence-corrected chi connectivity index (χ4v) is 3.38. The molecule has 4 rings (SSSR count). The first-order valence-electron chi connectivity index (χ1n) is 8.38. The molecule has 6 heteroatoms. The van der Waals surface area contributed by atoms with Crippen LogP contribution in [0.25, 0.3) is 10.9 Å². The number of methoxy groups -OCH3 is 2. The zero-order chi connectivity index (χ0) is 18.3. The number of carbonyl (C=O) groups excluding carboxylic acids is 1. The second-order valence-electron chi connectivity index (χ2n) is 6.49. The molecule has 0 radical (unpaired) electrons. The van der Waals surface area contributed by atoms with E-state index in [0.717, 1.165) is 29.3 Å². The number of benzene rings is 2. The van der Waals surface area contributed by atoms with E-state index < -0.39 is 5.41 Å². The van der Waals surface area contributed by atoms with Crippen molar-refractivity contribution >= 4 is 22.5 Å². The number of carbonyl (C=O) groups is 1. The average molecular weight is 354 g/mol. The Morgan fingerprint density at radius 1 is 1.15 bits per heavy atom. The van der Waals surface area contributed by atoms with Gasteiger partial charge >= 0.3 is 0 Å². The van der Waals surface area contributed by atoms with Crippen LogP contribution in [0.5, 0.6) is 11.5 Å². The third-order valence-corrected chi connectivity index (χ3v) is 5.00. The summed E-state index contributed by atoms with van der Waals surface area (Å²) >= 11 is 0. The monoisotopic (exact) mass is 354 g/mol. The number of amides is 1. The van der Waals surface area contributed by atoms with E-state index in [4.69, 9.17) is 9.47 Å². The quantitative estimate of drug-likeness (QED) is 0.728. The first-order chi connectivity index (χ1) is 12.6. The van der Waals surface area contributed by atoms with E-state index in [9.17, 15) is 9.18 Å². The summed E-state index contributed by atoms with van der Waals surface area (Å²) in [6, 6.07) is 9.80. The van der Waals surface area contributed by atoms with Gasteiger partial charge in [0, 0.05) is 23.2 Å². The summed E-state index contributed by atoms with van der Waals surface area (Å²) in [5.41, 5.74) is 1.59. The number of aromatic nitrogens is 1. The number of hydrogen-bond acceptors (Lipinski definition) is 3. The molecule has 134 valence electrons. The molecule has 1 amide bonds. The van der Waals surface area contributed by atoms with Crippen molar-refractivity contribution < 1.29 is 18.7 Å². The van der Waals surface area contributed by atoms with Gasteiger partial charge in [0.15, 0.2) is 0 Å². The standard InChI is InChI=1S/C20H19FN2O3/c1-25-13-4-6-17(18(10-13)26-2)23-19(24)20(7-8-20)15-11-22-16-5-3-12(21)9-14(15)16/h3-6,9-11,22H,7-8H2,1-2H3,(H,23,24). The highest BCUT2D eigenvalue weighted by Crippen LogP contribution is 2.51. The molecule has 0 bridgehead atoms. The van der Waals surface area contributed by atoms with Crippen molar-refractivity contribution in [3.05, 3.63) is 54.0 Å². The molecule has 3 aromatic rings. The summed E-state index contributed by atoms with van der Waals surface area (Å²) < 4.78 is 24.2. The van der Waals surface area contributed by atoms with Crippen molar-refractivity contribution in [1.82, 2.24) is 4.98 Å². The molecule has 26 heavy (non-hydrogen) atoms. The molecule has 0 unspecified atom stereocenters. The van der Waals surface area contributed by atoms with Crippen LogP contribution in [0.4, 0.5) is 10.1 Å². The van der Waals surface area contributed by atoms with Gasteiger partial charge in [0.25, 0.3) is 0 Å². The first kappa shape index (κ1) is 16.4. The SMILES string of the molecule is COc1ccc(NC(=O)C2(c3c[nH]c4ccc(F)cc34)CC2)c(OC)c1. The number of nitrogens with one attached hydrogen (secondary N) is 2. The van der Waals surface area contributed by atoms with Crippen LogP contribution in [0.2, 0.25) is 0 Å². The van der Waals surface area contributed by atoms with E-state index in [1.807, 2.05) is 6.20 Å². The molecule has 5 nitrogen and oxygen atoms in total. The normalized spacial score (nSPS) is 14.9. The van der Waals surface area contributed by atoms with Crippen LogP contribution in [0.1, 0.15) is 18.4 Å². The Hall–Kier alpha value is -3.02. The van der Waals surface area contributed by atoms with E-state index in [1.54, 1.807) is 38.5 Å². The minimum absolute atomic E-state index is 0.119. The Morgan fingerprint density at radius 2 is 1.96 bits per heavy atom. The predicted octanol–water partition coefficient (Wildman–Crippen LogP) is 3.99. The van der Waals surface area contributed by atoms with Gasteiger partial charge in [-0.15, -0.1) is 0 Å². The molecule has 0 atom stereocenters. The Labute approximate surface area is 150 Å². The maximum absolute atomic E-state index is 13.7. The van der Waals surface area contributed by atoms with Gasteiger partial charge in [-0.3, -0.25) is 4.79 Å². The molecule has 1 aromatic heterocycles. The Morgan fingerprint density at radius 3 is 2.65 bits per heavy atom. The summed E-state index contributed by atoms with van der Waals surface area (Å²) in [5, 5.41) is 3.71. The molecule has 1 saturated carbocycles. The summed E-state index contributed by atoms with van der Waals surface area (Å²) in [7, 11) is 3.11. The summed E-state index contributed by atoms with van der Waals surface area (Å²) in [6.07, 6.45) is 3.25. The topological polar surface area (TPSA) is 63.3 Å². The van der Waals surface area contributed by atoms with Crippen molar-refractivity contribution in [3.8, 4) is 11.5 Å². The predicted molar refractivity (Wildman–Crippen MR) is 97.3 cm³/mol. The van der Waals surface area contributed by atoms with Gasteiger partial charge in [0.05, 0.1) is 25.3 Å². The number of rotatable bonds is 5. The Bertz CT molecular complexity index is 992. The number of anilines is 1. The average Bonchev–Trinajstić information content (AvgIpc) is 3.36. The number of aromatic amines is 1. The van der Waals surface area contributed by atoms with Crippen LogP contribution in [0.3, 0.4) is 0 Å². The molecule has 2 N–H and O–H groups in total. The van der Waals surface area contributed by atoms with E-state index in [0.29, 0.717) is 17.2 Å². The van der Waals surface area contributed by atoms with Crippen LogP contribution >= 0.6 is 0 Å². The minimum Gasteiger partial charge on any atom is -0.497 e. The number of halogens is 1. The van der Waals surface area contributed by atoms with Gasteiger partial charge in [-0.25, -0.2) is 4.39 Å². The largest absolute Gasteiger partial charge is 0.497 e. The maximum atomic E-state index is 13.7. The molecular formula is C20H19FN2O3. The lowest BCUT2D eigenvalue weighted by molar-refractivity contribution is -0.118. The number of fused-ring (bicyclic) bond motifs is 1. The van der Waals surface area contributed by atoms with Gasteiger partial charge in [0.1, 0.15) is 17.3 Å². The van der Waals surface area contributed by atoms with Crippen LogP contribution in [-0.2, 0) is 10.2 Å². The minimum atomic E-state index is -0.642. The first-order valence-corrected chi connectivity index (χ1v) is 8.38. The molecule has 1 heterocycles. The second-order valence-corrected chi connectivity index (χ2v) is 6.49. The van der Waals surface area contributed by atoms with Crippen molar-refractivity contribution in [2.45, 2.75) is 18.3 Å². The molecule has 1 aliphatic rings. The smallest absolute Gasteiger partial charge is 0.235 e. The van der Waals surface area contributed by atoms with Crippen molar-refractivity contribution in [2.24, 2.45) is 0 Å². The highest BCUT2D eigenvalue weighted by Gasteiger charge is 2.52. The fourth-order valence-electron chi connectivity index (χ4n) is 3.38. The zero-order valence-electron chi connectivity index (χ0n) is 14.6. The van der Waals surface area contributed by atoms with Gasteiger partial charge in [-0.05, 0) is 48.7 Å². The van der Waals surface area contributed by atoms with E-state index >= 15 is 0 Å². The van der Waals surface area contributed by atoms with E-state index in [-0.39, 0.29) is 11.7 Å². The van der Waals surface area contributed by atoms with Crippen molar-refractivity contribution in [1.29, 1.82) is 0 Å². The third-order valence-electron chi connectivity index (χ3n) is 5.00. The summed E-state index contributed by atoms with van der Waals surface area (Å²) in [4.78, 5) is 16.2. The summed E-state index contributed by atoms with van der Waals surface area (Å²) in [6.45, 7) is 0. The van der Waals surface area contributed by atoms with Crippen LogP contribution in [-0.4, -0.2) is 25.1 Å². The fraction of sp³-hybridized carbons (Fsp3) is 0.250. The zero-order valence-corrected chi connectivity index (χ0v) is 14.6. The van der Waals surface area contributed by atoms with Crippen molar-refractivity contribution in [3.63, 3.8) is 0 Å². The molecule has 0 aliphatic heterocycles.